The zero-order valence-corrected chi connectivity index (χ0v) is 8.47. The van der Waals surface area contributed by atoms with E-state index in [1.54, 1.807) is 0 Å². The van der Waals surface area contributed by atoms with Crippen molar-refractivity contribution < 1.29 is 4.79 Å². The Morgan fingerprint density at radius 3 is 3.00 bits per heavy atom. The second-order valence-corrected chi connectivity index (χ2v) is 5.16. The molecule has 0 bridgehead atoms. The van der Waals surface area contributed by atoms with E-state index in [2.05, 4.69) is 0 Å². The Kier molecular flexibility index (Phi) is 4.38. The lowest BCUT2D eigenvalue weighted by molar-refractivity contribution is -0.118. The summed E-state index contributed by atoms with van der Waals surface area (Å²) >= 11 is 3.95. The monoisotopic (exact) mass is 190 g/mol. The van der Waals surface area contributed by atoms with E-state index >= 15 is 0 Å². The highest BCUT2D eigenvalue weighted by Gasteiger charge is 2.21. The standard InChI is InChI=1S/C8H14OS2/c1-2-7(9)3-4-10-5-8-6-11-8/h8H,2-6H2,1H3. The summed E-state index contributed by atoms with van der Waals surface area (Å²) in [6.45, 7) is 1.93. The lowest BCUT2D eigenvalue weighted by atomic mass is 10.2. The van der Waals surface area contributed by atoms with Crippen molar-refractivity contribution in [2.24, 2.45) is 0 Å². The quantitative estimate of drug-likeness (QED) is 0.472. The van der Waals surface area contributed by atoms with E-state index in [9.17, 15) is 4.79 Å². The van der Waals surface area contributed by atoms with Gasteiger partial charge in [-0.05, 0) is 0 Å². The highest BCUT2D eigenvalue weighted by Crippen LogP contribution is 2.32. The molecule has 1 nitrogen and oxygen atoms in total. The number of hydrogen-bond donors (Lipinski definition) is 0. The van der Waals surface area contributed by atoms with Gasteiger partial charge in [0.1, 0.15) is 5.78 Å². The molecule has 1 saturated heterocycles. The first-order valence-corrected chi connectivity index (χ1v) is 6.24. The summed E-state index contributed by atoms with van der Waals surface area (Å²) in [5.41, 5.74) is 0. The van der Waals surface area contributed by atoms with Crippen LogP contribution in [-0.2, 0) is 4.79 Å². The van der Waals surface area contributed by atoms with Gasteiger partial charge in [-0.3, -0.25) is 4.79 Å². The summed E-state index contributed by atoms with van der Waals surface area (Å²) in [7, 11) is 0. The van der Waals surface area contributed by atoms with Gasteiger partial charge in [0, 0.05) is 35.4 Å². The van der Waals surface area contributed by atoms with Crippen LogP contribution < -0.4 is 0 Å². The number of rotatable bonds is 6. The minimum Gasteiger partial charge on any atom is -0.300 e. The van der Waals surface area contributed by atoms with E-state index in [1.165, 1.54) is 11.5 Å². The summed E-state index contributed by atoms with van der Waals surface area (Å²) in [5.74, 6) is 4.03. The summed E-state index contributed by atoms with van der Waals surface area (Å²) in [4.78, 5) is 10.9. The van der Waals surface area contributed by atoms with Gasteiger partial charge in [0.25, 0.3) is 0 Å². The first-order valence-electron chi connectivity index (χ1n) is 4.04. The average molecular weight is 190 g/mol. The van der Waals surface area contributed by atoms with Crippen LogP contribution in [0.3, 0.4) is 0 Å². The van der Waals surface area contributed by atoms with Gasteiger partial charge in [-0.1, -0.05) is 6.92 Å². The number of carbonyl (C=O) groups is 1. The number of carbonyl (C=O) groups excluding carboxylic acids is 1. The molecule has 0 radical (unpaired) electrons. The third-order valence-corrected chi connectivity index (χ3v) is 3.94. The molecule has 1 heterocycles. The number of hydrogen-bond acceptors (Lipinski definition) is 3. The molecule has 11 heavy (non-hydrogen) atoms. The second-order valence-electron chi connectivity index (χ2n) is 2.67. The van der Waals surface area contributed by atoms with Gasteiger partial charge in [0.2, 0.25) is 0 Å². The largest absolute Gasteiger partial charge is 0.300 e. The average Bonchev–Trinajstić information content (AvgIpc) is 2.81. The van der Waals surface area contributed by atoms with Gasteiger partial charge in [0.15, 0.2) is 0 Å². The molecule has 0 aliphatic carbocycles. The van der Waals surface area contributed by atoms with Gasteiger partial charge >= 0.3 is 0 Å². The highest BCUT2D eigenvalue weighted by atomic mass is 32.2. The van der Waals surface area contributed by atoms with Crippen molar-refractivity contribution in [2.75, 3.05) is 17.3 Å². The maximum absolute atomic E-state index is 10.9. The van der Waals surface area contributed by atoms with Crippen LogP contribution in [-0.4, -0.2) is 28.3 Å². The van der Waals surface area contributed by atoms with Gasteiger partial charge in [-0.2, -0.15) is 23.5 Å². The van der Waals surface area contributed by atoms with Crippen LogP contribution in [0.5, 0.6) is 0 Å². The fraction of sp³-hybridized carbons (Fsp3) is 0.875. The minimum atomic E-state index is 0.404. The van der Waals surface area contributed by atoms with Crippen molar-refractivity contribution in [2.45, 2.75) is 25.0 Å². The van der Waals surface area contributed by atoms with Crippen molar-refractivity contribution in [3.8, 4) is 0 Å². The second kappa shape index (κ2) is 5.09. The highest BCUT2D eigenvalue weighted by molar-refractivity contribution is 8.08. The fourth-order valence-corrected chi connectivity index (χ4v) is 2.74. The van der Waals surface area contributed by atoms with Gasteiger partial charge in [0.05, 0.1) is 0 Å². The number of ketones is 1. The summed E-state index contributed by atoms with van der Waals surface area (Å²) in [6.07, 6.45) is 1.48. The SMILES string of the molecule is CCC(=O)CCSCC1CS1. The molecule has 1 fully saturated rings. The first-order chi connectivity index (χ1) is 5.33. The van der Waals surface area contributed by atoms with Crippen molar-refractivity contribution in [3.05, 3.63) is 0 Å². The molecule has 1 aliphatic rings. The molecule has 0 N–H and O–H groups in total. The van der Waals surface area contributed by atoms with Crippen molar-refractivity contribution in [1.29, 1.82) is 0 Å². The Labute approximate surface area is 76.7 Å². The Balaban J connectivity index is 1.82. The first kappa shape index (κ1) is 9.46. The van der Waals surface area contributed by atoms with Crippen LogP contribution in [0.2, 0.25) is 0 Å². The van der Waals surface area contributed by atoms with Crippen LogP contribution in [0.4, 0.5) is 0 Å². The van der Waals surface area contributed by atoms with E-state index in [1.807, 2.05) is 30.4 Å². The Bertz CT molecular complexity index is 132. The molecule has 0 aromatic heterocycles. The van der Waals surface area contributed by atoms with E-state index in [-0.39, 0.29) is 0 Å². The molecular weight excluding hydrogens is 176 g/mol. The van der Waals surface area contributed by atoms with E-state index in [0.717, 1.165) is 17.4 Å². The molecule has 0 aromatic rings. The maximum atomic E-state index is 10.9. The molecule has 0 amide bonds. The molecule has 3 heteroatoms. The lowest BCUT2D eigenvalue weighted by Crippen LogP contribution is -1.98. The zero-order valence-electron chi connectivity index (χ0n) is 6.84. The molecule has 1 unspecified atom stereocenters. The summed E-state index contributed by atoms with van der Waals surface area (Å²) in [5, 5.41) is 0.914. The van der Waals surface area contributed by atoms with Crippen LogP contribution in [0, 0.1) is 0 Å². The smallest absolute Gasteiger partial charge is 0.133 e. The van der Waals surface area contributed by atoms with E-state index < -0.39 is 0 Å². The normalized spacial score (nSPS) is 21.7. The van der Waals surface area contributed by atoms with Crippen LogP contribution in [0.1, 0.15) is 19.8 Å². The van der Waals surface area contributed by atoms with Gasteiger partial charge < -0.3 is 0 Å². The van der Waals surface area contributed by atoms with Gasteiger partial charge in [-0.25, -0.2) is 0 Å². The Morgan fingerprint density at radius 2 is 2.45 bits per heavy atom. The lowest BCUT2D eigenvalue weighted by Gasteiger charge is -1.96. The van der Waals surface area contributed by atoms with Gasteiger partial charge in [-0.15, -0.1) is 0 Å². The molecule has 0 aromatic carbocycles. The molecule has 0 spiro atoms. The molecule has 1 atom stereocenters. The maximum Gasteiger partial charge on any atom is 0.133 e. The van der Waals surface area contributed by atoms with Crippen molar-refractivity contribution >= 4 is 29.3 Å². The summed E-state index contributed by atoms with van der Waals surface area (Å²) in [6, 6.07) is 0. The molecular formula is C8H14OS2. The Morgan fingerprint density at radius 1 is 1.73 bits per heavy atom. The molecule has 1 rings (SSSR count). The zero-order chi connectivity index (χ0) is 8.10. The number of thioether (sulfide) groups is 2. The minimum absolute atomic E-state index is 0.404. The Hall–Kier alpha value is 0.370. The predicted octanol–water partition coefficient (Wildman–Crippen LogP) is 2.20. The fourth-order valence-electron chi connectivity index (χ4n) is 0.742. The van der Waals surface area contributed by atoms with E-state index in [4.69, 9.17) is 0 Å². The third-order valence-electron chi connectivity index (χ3n) is 1.63. The van der Waals surface area contributed by atoms with Crippen molar-refractivity contribution in [3.63, 3.8) is 0 Å². The predicted molar refractivity (Wildman–Crippen MR) is 53.5 cm³/mol. The van der Waals surface area contributed by atoms with Crippen molar-refractivity contribution in [1.82, 2.24) is 0 Å². The molecule has 64 valence electrons. The topological polar surface area (TPSA) is 17.1 Å². The third kappa shape index (κ3) is 4.75. The van der Waals surface area contributed by atoms with Crippen LogP contribution >= 0.6 is 23.5 Å². The number of Topliss-reactive ketones (excluding diaryl/α,β-unsaturated/α-hetero) is 1. The molecule has 0 saturated carbocycles. The van der Waals surface area contributed by atoms with E-state index in [0.29, 0.717) is 12.2 Å². The molecule has 1 aliphatic heterocycles. The van der Waals surface area contributed by atoms with Crippen LogP contribution in [0.15, 0.2) is 0 Å². The summed E-state index contributed by atoms with van der Waals surface area (Å²) < 4.78 is 0. The van der Waals surface area contributed by atoms with Crippen LogP contribution in [0.25, 0.3) is 0 Å².